The van der Waals surface area contributed by atoms with Crippen LogP contribution in [0.1, 0.15) is 5.01 Å². The summed E-state index contributed by atoms with van der Waals surface area (Å²) in [6.45, 7) is 0. The van der Waals surface area contributed by atoms with Gasteiger partial charge < -0.3 is 5.32 Å². The lowest BCUT2D eigenvalue weighted by atomic mass is 10.1. The molecule has 0 saturated heterocycles. The van der Waals surface area contributed by atoms with Crippen LogP contribution in [0.2, 0.25) is 0 Å². The molecule has 1 heterocycles. The number of nitro benzene ring substituents is 1. The topological polar surface area (TPSA) is 91.8 Å². The Kier molecular flexibility index (Phi) is 5.60. The summed E-state index contributed by atoms with van der Waals surface area (Å²) in [5.41, 5.74) is 2.80. The first kappa shape index (κ1) is 18.0. The van der Waals surface area contributed by atoms with Gasteiger partial charge in [0.25, 0.3) is 5.69 Å². The van der Waals surface area contributed by atoms with Gasteiger partial charge >= 0.3 is 0 Å². The molecule has 26 heavy (non-hydrogen) atoms. The van der Waals surface area contributed by atoms with Gasteiger partial charge in [0.05, 0.1) is 16.3 Å². The first-order valence-corrected chi connectivity index (χ1v) is 9.36. The van der Waals surface area contributed by atoms with Crippen molar-refractivity contribution in [3.05, 3.63) is 78.8 Å². The molecule has 6 nitrogen and oxygen atoms in total. The van der Waals surface area contributed by atoms with Crippen molar-refractivity contribution >= 4 is 50.9 Å². The minimum atomic E-state index is -0.441. The molecule has 0 saturated carbocycles. The molecular weight excluding hydrogens is 463 g/mol. The van der Waals surface area contributed by atoms with E-state index in [4.69, 9.17) is 0 Å². The van der Waals surface area contributed by atoms with Crippen LogP contribution in [-0.2, 0) is 0 Å². The molecule has 1 aromatic heterocycles. The van der Waals surface area contributed by atoms with E-state index >= 15 is 0 Å². The second kappa shape index (κ2) is 8.07. The molecule has 0 unspecified atom stereocenters. The number of rotatable bonds is 5. The van der Waals surface area contributed by atoms with Crippen molar-refractivity contribution in [3.8, 4) is 17.3 Å². The zero-order valence-electron chi connectivity index (χ0n) is 13.2. The Labute approximate surface area is 167 Å². The number of nitrogens with zero attached hydrogens (tertiary/aromatic N) is 3. The van der Waals surface area contributed by atoms with E-state index in [2.05, 4.69) is 39.0 Å². The molecule has 3 aromatic rings. The smallest absolute Gasteiger partial charge is 0.269 e. The first-order chi connectivity index (χ1) is 12.6. The maximum atomic E-state index is 10.7. The molecule has 0 aliphatic rings. The van der Waals surface area contributed by atoms with E-state index in [-0.39, 0.29) is 5.69 Å². The predicted molar refractivity (Wildman–Crippen MR) is 111 cm³/mol. The van der Waals surface area contributed by atoms with E-state index in [9.17, 15) is 15.4 Å². The number of para-hydroxylation sites is 1. The minimum Gasteiger partial charge on any atom is -0.359 e. The number of allylic oxidation sites excluding steroid dienone is 1. The molecule has 0 bridgehead atoms. The lowest BCUT2D eigenvalue weighted by Crippen LogP contribution is -1.93. The van der Waals surface area contributed by atoms with Gasteiger partial charge in [-0.2, -0.15) is 5.26 Å². The molecule has 128 valence electrons. The Morgan fingerprint density at radius 1 is 1.27 bits per heavy atom. The van der Waals surface area contributed by atoms with Gasteiger partial charge in [0.1, 0.15) is 16.6 Å². The summed E-state index contributed by atoms with van der Waals surface area (Å²) in [6, 6.07) is 16.1. The third kappa shape index (κ3) is 4.07. The van der Waals surface area contributed by atoms with E-state index in [1.165, 1.54) is 23.5 Å². The quantitative estimate of drug-likeness (QED) is 0.235. The Hall–Kier alpha value is -2.77. The fourth-order valence-corrected chi connectivity index (χ4v) is 3.49. The summed E-state index contributed by atoms with van der Waals surface area (Å²) in [4.78, 5) is 14.8. The fourth-order valence-electron chi connectivity index (χ4n) is 2.15. The summed E-state index contributed by atoms with van der Waals surface area (Å²) in [7, 11) is 0. The zero-order chi connectivity index (χ0) is 18.5. The van der Waals surface area contributed by atoms with Crippen LogP contribution in [0.25, 0.3) is 16.8 Å². The fraction of sp³-hybridized carbons (Fsp3) is 0. The average molecular weight is 474 g/mol. The highest BCUT2D eigenvalue weighted by molar-refractivity contribution is 14.1. The zero-order valence-corrected chi connectivity index (χ0v) is 16.2. The molecule has 2 aromatic carbocycles. The summed E-state index contributed by atoms with van der Waals surface area (Å²) in [6.07, 6.45) is 1.63. The second-order valence-electron chi connectivity index (χ2n) is 5.14. The standard InChI is InChI=1S/C18H11IN4O2S/c19-15-3-1-2-4-16(15)21-10-13(9-20)18-22-17(11-26-18)12-5-7-14(8-6-12)23(24)25/h1-8,10-11,21H/b13-10+. The third-order valence-electron chi connectivity index (χ3n) is 3.47. The van der Waals surface area contributed by atoms with Crippen LogP contribution in [0.3, 0.4) is 0 Å². The number of aromatic nitrogens is 1. The monoisotopic (exact) mass is 474 g/mol. The molecule has 0 spiro atoms. The highest BCUT2D eigenvalue weighted by Crippen LogP contribution is 2.27. The van der Waals surface area contributed by atoms with E-state index in [0.717, 1.165) is 14.8 Å². The van der Waals surface area contributed by atoms with Crippen molar-refractivity contribution in [2.24, 2.45) is 0 Å². The van der Waals surface area contributed by atoms with Crippen molar-refractivity contribution in [1.82, 2.24) is 4.98 Å². The van der Waals surface area contributed by atoms with Crippen LogP contribution in [0.15, 0.2) is 60.1 Å². The average Bonchev–Trinajstić information content (AvgIpc) is 3.14. The van der Waals surface area contributed by atoms with Gasteiger partial charge in [0, 0.05) is 32.8 Å². The van der Waals surface area contributed by atoms with E-state index < -0.39 is 4.92 Å². The SMILES string of the molecule is N#C/C(=C\Nc1ccccc1I)c1nc(-c2ccc([N+](=O)[O-])cc2)cs1. The molecule has 8 heteroatoms. The van der Waals surface area contributed by atoms with Gasteiger partial charge in [-0.3, -0.25) is 10.1 Å². The molecular formula is C18H11IN4O2S. The number of nitriles is 1. The highest BCUT2D eigenvalue weighted by Gasteiger charge is 2.11. The Morgan fingerprint density at radius 3 is 2.65 bits per heavy atom. The van der Waals surface area contributed by atoms with Gasteiger partial charge in [0.2, 0.25) is 0 Å². The molecule has 0 radical (unpaired) electrons. The van der Waals surface area contributed by atoms with Crippen molar-refractivity contribution in [2.45, 2.75) is 0 Å². The summed E-state index contributed by atoms with van der Waals surface area (Å²) >= 11 is 3.57. The number of non-ortho nitro benzene ring substituents is 1. The van der Waals surface area contributed by atoms with Crippen LogP contribution < -0.4 is 5.32 Å². The third-order valence-corrected chi connectivity index (χ3v) is 5.29. The Balaban J connectivity index is 1.83. The number of halogens is 1. The number of anilines is 1. The van der Waals surface area contributed by atoms with Crippen molar-refractivity contribution < 1.29 is 4.92 Å². The molecule has 0 aliphatic heterocycles. The lowest BCUT2D eigenvalue weighted by Gasteiger charge is -2.03. The normalized spacial score (nSPS) is 11.0. The number of hydrogen-bond acceptors (Lipinski definition) is 6. The summed E-state index contributed by atoms with van der Waals surface area (Å²) < 4.78 is 1.05. The highest BCUT2D eigenvalue weighted by atomic mass is 127. The molecule has 0 amide bonds. The number of nitro groups is 1. The van der Waals surface area contributed by atoms with Gasteiger partial charge in [-0.25, -0.2) is 4.98 Å². The van der Waals surface area contributed by atoms with Crippen molar-refractivity contribution in [2.75, 3.05) is 5.32 Å². The molecule has 0 atom stereocenters. The first-order valence-electron chi connectivity index (χ1n) is 7.40. The largest absolute Gasteiger partial charge is 0.359 e. The summed E-state index contributed by atoms with van der Waals surface area (Å²) in [5.74, 6) is 0. The molecule has 3 rings (SSSR count). The lowest BCUT2D eigenvalue weighted by molar-refractivity contribution is -0.384. The van der Waals surface area contributed by atoms with E-state index in [1.54, 1.807) is 18.3 Å². The number of benzene rings is 2. The maximum Gasteiger partial charge on any atom is 0.269 e. The molecule has 0 aliphatic carbocycles. The van der Waals surface area contributed by atoms with Crippen molar-refractivity contribution in [1.29, 1.82) is 5.26 Å². The summed E-state index contributed by atoms with van der Waals surface area (Å²) in [5, 5.41) is 25.7. The van der Waals surface area contributed by atoms with Crippen LogP contribution >= 0.6 is 33.9 Å². The van der Waals surface area contributed by atoms with Crippen LogP contribution in [0.5, 0.6) is 0 Å². The molecule has 1 N–H and O–H groups in total. The maximum absolute atomic E-state index is 10.7. The van der Waals surface area contributed by atoms with Gasteiger partial charge in [-0.1, -0.05) is 12.1 Å². The van der Waals surface area contributed by atoms with Crippen LogP contribution in [0.4, 0.5) is 11.4 Å². The minimum absolute atomic E-state index is 0.0310. The predicted octanol–water partition coefficient (Wildman–Crippen LogP) is 5.30. The number of nitrogens with one attached hydrogen (secondary N) is 1. The number of hydrogen-bond donors (Lipinski definition) is 1. The van der Waals surface area contributed by atoms with Gasteiger partial charge in [0.15, 0.2) is 0 Å². The van der Waals surface area contributed by atoms with Gasteiger partial charge in [-0.15, -0.1) is 11.3 Å². The van der Waals surface area contributed by atoms with E-state index in [0.29, 0.717) is 16.3 Å². The number of thiazole rings is 1. The second-order valence-corrected chi connectivity index (χ2v) is 7.16. The molecule has 0 fully saturated rings. The van der Waals surface area contributed by atoms with Crippen molar-refractivity contribution in [3.63, 3.8) is 0 Å². The van der Waals surface area contributed by atoms with Crippen LogP contribution in [-0.4, -0.2) is 9.91 Å². The Morgan fingerprint density at radius 2 is 2.00 bits per heavy atom. The van der Waals surface area contributed by atoms with E-state index in [1.807, 2.05) is 29.6 Å². The van der Waals surface area contributed by atoms with Gasteiger partial charge in [-0.05, 0) is 46.9 Å². The Bertz CT molecular complexity index is 1020. The van der Waals surface area contributed by atoms with Crippen LogP contribution in [0, 0.1) is 25.0 Å².